The van der Waals surface area contributed by atoms with Crippen molar-refractivity contribution in [2.24, 2.45) is 5.92 Å². The van der Waals surface area contributed by atoms with Gasteiger partial charge in [0.25, 0.3) is 0 Å². The van der Waals surface area contributed by atoms with Crippen molar-refractivity contribution in [2.45, 2.75) is 10.8 Å². The van der Waals surface area contributed by atoms with E-state index in [4.69, 9.17) is 0 Å². The van der Waals surface area contributed by atoms with E-state index in [1.165, 1.54) is 16.4 Å². The molecular formula is C16H17N3O4S2. The molecule has 1 fully saturated rings. The Labute approximate surface area is 148 Å². The van der Waals surface area contributed by atoms with Crippen molar-refractivity contribution in [2.75, 3.05) is 19.7 Å². The van der Waals surface area contributed by atoms with Gasteiger partial charge in [0.15, 0.2) is 0 Å². The lowest BCUT2D eigenvalue weighted by Gasteiger charge is -2.16. The number of hydrogen-bond donors (Lipinski definition) is 3. The average molecular weight is 379 g/mol. The number of hydrogen-bond acceptors (Lipinski definition) is 5. The first kappa shape index (κ1) is 16.5. The molecule has 3 N–H and O–H groups in total. The predicted octanol–water partition coefficient (Wildman–Crippen LogP) is 1.31. The number of imidazole rings is 1. The summed E-state index contributed by atoms with van der Waals surface area (Å²) in [6, 6.07) is 6.52. The third kappa shape index (κ3) is 2.82. The van der Waals surface area contributed by atoms with Gasteiger partial charge in [0.05, 0.1) is 15.9 Å². The Kier molecular flexibility index (Phi) is 4.03. The molecule has 25 heavy (non-hydrogen) atoms. The number of aliphatic hydroxyl groups is 1. The smallest absolute Gasteiger partial charge is 0.323 e. The zero-order chi connectivity index (χ0) is 17.6. The monoisotopic (exact) mass is 379 g/mol. The number of thiophene rings is 1. The van der Waals surface area contributed by atoms with Crippen molar-refractivity contribution in [1.29, 1.82) is 0 Å². The lowest BCUT2D eigenvalue weighted by Crippen LogP contribution is -2.29. The highest BCUT2D eigenvalue weighted by molar-refractivity contribution is 7.89. The van der Waals surface area contributed by atoms with Crippen LogP contribution in [0.2, 0.25) is 0 Å². The molecule has 0 radical (unpaired) electrons. The van der Waals surface area contributed by atoms with Gasteiger partial charge in [-0.1, -0.05) is 0 Å². The molecule has 9 heteroatoms. The molecule has 0 amide bonds. The molecule has 2 aromatic heterocycles. The largest absolute Gasteiger partial charge is 0.396 e. The van der Waals surface area contributed by atoms with Gasteiger partial charge < -0.3 is 15.1 Å². The molecule has 0 spiro atoms. The number of benzene rings is 1. The van der Waals surface area contributed by atoms with Gasteiger partial charge in [0.2, 0.25) is 10.0 Å². The summed E-state index contributed by atoms with van der Waals surface area (Å²) < 4.78 is 27.4. The lowest BCUT2D eigenvalue weighted by atomic mass is 9.92. The van der Waals surface area contributed by atoms with Gasteiger partial charge in [-0.15, -0.1) is 0 Å². The van der Waals surface area contributed by atoms with E-state index in [0.717, 1.165) is 5.56 Å². The quantitative estimate of drug-likeness (QED) is 0.635. The van der Waals surface area contributed by atoms with Gasteiger partial charge in [-0.25, -0.2) is 13.2 Å². The maximum Gasteiger partial charge on any atom is 0.323 e. The Hall–Kier alpha value is -1.94. The fourth-order valence-corrected chi connectivity index (χ4v) is 5.67. The van der Waals surface area contributed by atoms with Crippen molar-refractivity contribution in [3.05, 3.63) is 51.1 Å². The minimum absolute atomic E-state index is 0.0122. The summed E-state index contributed by atoms with van der Waals surface area (Å²) in [6.07, 6.45) is 0. The molecule has 1 saturated heterocycles. The highest BCUT2D eigenvalue weighted by Gasteiger charge is 2.39. The molecule has 4 rings (SSSR count). The minimum Gasteiger partial charge on any atom is -0.396 e. The van der Waals surface area contributed by atoms with Crippen molar-refractivity contribution in [1.82, 2.24) is 14.3 Å². The van der Waals surface area contributed by atoms with Gasteiger partial charge in [0.1, 0.15) is 0 Å². The lowest BCUT2D eigenvalue weighted by molar-refractivity contribution is 0.223. The van der Waals surface area contributed by atoms with Crippen LogP contribution in [-0.2, 0) is 10.0 Å². The van der Waals surface area contributed by atoms with Crippen molar-refractivity contribution in [3.63, 3.8) is 0 Å². The molecule has 7 nitrogen and oxygen atoms in total. The number of aromatic nitrogens is 2. The number of aromatic amines is 2. The fraction of sp³-hybridized carbons (Fsp3) is 0.312. The summed E-state index contributed by atoms with van der Waals surface area (Å²) in [5.74, 6) is -0.137. The van der Waals surface area contributed by atoms with Crippen LogP contribution in [-0.4, -0.2) is 47.5 Å². The van der Waals surface area contributed by atoms with E-state index in [1.807, 2.05) is 16.8 Å². The first-order valence-electron chi connectivity index (χ1n) is 7.84. The number of sulfonamides is 1. The maximum atomic E-state index is 13.0. The van der Waals surface area contributed by atoms with Gasteiger partial charge in [-0.2, -0.15) is 15.6 Å². The molecule has 3 aromatic rings. The second-order valence-electron chi connectivity index (χ2n) is 6.21. The van der Waals surface area contributed by atoms with Crippen LogP contribution >= 0.6 is 11.3 Å². The normalized spacial score (nSPS) is 22.0. The molecule has 0 unspecified atom stereocenters. The summed E-state index contributed by atoms with van der Waals surface area (Å²) in [7, 11) is -3.70. The van der Waals surface area contributed by atoms with E-state index in [2.05, 4.69) is 9.97 Å². The van der Waals surface area contributed by atoms with Crippen molar-refractivity contribution >= 4 is 32.4 Å². The summed E-state index contributed by atoms with van der Waals surface area (Å²) in [6.45, 7) is 0.559. The maximum absolute atomic E-state index is 13.0. The number of aliphatic hydroxyl groups excluding tert-OH is 1. The standard InChI is InChI=1S/C16H17N3O4S2/c20-8-11-6-19(7-13(11)10-3-4-24-9-10)25(22,23)12-1-2-14-15(5-12)18-16(21)17-14/h1-5,9,11,13,20H,6-8H2,(H2,17,18,21)/t11-,13-/m0/s1. The zero-order valence-electron chi connectivity index (χ0n) is 13.2. The van der Waals surface area contributed by atoms with Gasteiger partial charge in [-0.05, 0) is 40.6 Å². The van der Waals surface area contributed by atoms with Gasteiger partial charge >= 0.3 is 5.69 Å². The summed E-state index contributed by atoms with van der Waals surface area (Å²) >= 11 is 1.56. The highest BCUT2D eigenvalue weighted by atomic mass is 32.2. The van der Waals surface area contributed by atoms with Crippen LogP contribution in [0.3, 0.4) is 0 Å². The van der Waals surface area contributed by atoms with E-state index < -0.39 is 10.0 Å². The highest BCUT2D eigenvalue weighted by Crippen LogP contribution is 2.36. The fourth-order valence-electron chi connectivity index (χ4n) is 3.40. The molecule has 0 bridgehead atoms. The minimum atomic E-state index is -3.70. The summed E-state index contributed by atoms with van der Waals surface area (Å²) in [5.41, 5.74) is 1.71. The Bertz CT molecular complexity index is 1050. The SMILES string of the molecule is O=c1[nH]c2ccc(S(=O)(=O)N3C[C@@H](CO)[C@H](c4ccsc4)C3)cc2[nH]1. The third-order valence-corrected chi connectivity index (χ3v) is 7.27. The van der Waals surface area contributed by atoms with Crippen LogP contribution in [0, 0.1) is 5.92 Å². The molecule has 0 saturated carbocycles. The van der Waals surface area contributed by atoms with Gasteiger partial charge in [0, 0.05) is 31.5 Å². The van der Waals surface area contributed by atoms with E-state index in [0.29, 0.717) is 17.6 Å². The Morgan fingerprint density at radius 1 is 1.20 bits per heavy atom. The molecule has 3 heterocycles. The van der Waals surface area contributed by atoms with Crippen molar-refractivity contribution in [3.8, 4) is 0 Å². The number of fused-ring (bicyclic) bond motifs is 1. The second kappa shape index (κ2) is 6.10. The van der Waals surface area contributed by atoms with Crippen LogP contribution in [0.25, 0.3) is 11.0 Å². The van der Waals surface area contributed by atoms with Crippen LogP contribution in [0.1, 0.15) is 11.5 Å². The number of nitrogens with zero attached hydrogens (tertiary/aromatic N) is 1. The number of rotatable bonds is 4. The molecule has 0 aliphatic carbocycles. The summed E-state index contributed by atoms with van der Waals surface area (Å²) in [4.78, 5) is 16.7. The van der Waals surface area contributed by atoms with Crippen LogP contribution in [0.15, 0.2) is 44.7 Å². The second-order valence-corrected chi connectivity index (χ2v) is 8.93. The zero-order valence-corrected chi connectivity index (χ0v) is 14.8. The van der Waals surface area contributed by atoms with E-state index in [9.17, 15) is 18.3 Å². The molecule has 1 aromatic carbocycles. The first-order valence-corrected chi connectivity index (χ1v) is 10.2. The molecule has 132 valence electrons. The van der Waals surface area contributed by atoms with Crippen LogP contribution in [0.4, 0.5) is 0 Å². The van der Waals surface area contributed by atoms with Crippen LogP contribution in [0.5, 0.6) is 0 Å². The Morgan fingerprint density at radius 2 is 2.00 bits per heavy atom. The van der Waals surface area contributed by atoms with E-state index >= 15 is 0 Å². The molecule has 1 aliphatic rings. The van der Waals surface area contributed by atoms with Crippen molar-refractivity contribution < 1.29 is 13.5 Å². The molecular weight excluding hydrogens is 362 g/mol. The number of nitrogens with one attached hydrogen (secondary N) is 2. The summed E-state index contributed by atoms with van der Waals surface area (Å²) in [5, 5.41) is 13.6. The van der Waals surface area contributed by atoms with E-state index in [1.54, 1.807) is 17.4 Å². The Morgan fingerprint density at radius 3 is 2.72 bits per heavy atom. The van der Waals surface area contributed by atoms with E-state index in [-0.39, 0.29) is 35.6 Å². The predicted molar refractivity (Wildman–Crippen MR) is 95.3 cm³/mol. The first-order chi connectivity index (χ1) is 12.0. The molecule has 1 aliphatic heterocycles. The average Bonchev–Trinajstić information content (AvgIpc) is 3.31. The Balaban J connectivity index is 1.68. The topological polar surface area (TPSA) is 106 Å². The third-order valence-electron chi connectivity index (χ3n) is 4.74. The van der Waals surface area contributed by atoms with Crippen LogP contribution < -0.4 is 5.69 Å². The van der Waals surface area contributed by atoms with Gasteiger partial charge in [-0.3, -0.25) is 0 Å². The number of H-pyrrole nitrogens is 2. The molecule has 2 atom stereocenters.